The van der Waals surface area contributed by atoms with Crippen LogP contribution in [0.3, 0.4) is 0 Å². The van der Waals surface area contributed by atoms with Gasteiger partial charge in [0.2, 0.25) is 11.8 Å². The topological polar surface area (TPSA) is 65.5 Å². The smallest absolute Gasteiger partial charge is 0.222 e. The van der Waals surface area contributed by atoms with Gasteiger partial charge in [-0.3, -0.25) is 19.5 Å². The van der Waals surface area contributed by atoms with E-state index in [1.165, 1.54) is 31.2 Å². The van der Waals surface area contributed by atoms with Gasteiger partial charge in [0, 0.05) is 64.0 Å². The minimum atomic E-state index is -0.0138. The van der Waals surface area contributed by atoms with Crippen LogP contribution in [-0.2, 0) is 16.1 Å². The van der Waals surface area contributed by atoms with Crippen LogP contribution in [0.25, 0.3) is 0 Å². The van der Waals surface area contributed by atoms with E-state index in [2.05, 4.69) is 27.3 Å². The van der Waals surface area contributed by atoms with Crippen LogP contribution in [-0.4, -0.2) is 52.8 Å². The Morgan fingerprint density at radius 1 is 0.970 bits per heavy atom. The number of benzene rings is 1. The highest BCUT2D eigenvalue weighted by Gasteiger charge is 2.26. The molecular formula is C27H36N4O2. The number of pyridine rings is 1. The largest absolute Gasteiger partial charge is 0.354 e. The van der Waals surface area contributed by atoms with Crippen molar-refractivity contribution in [2.24, 2.45) is 5.92 Å². The average Bonchev–Trinajstić information content (AvgIpc) is 3.34. The van der Waals surface area contributed by atoms with E-state index in [0.29, 0.717) is 31.8 Å². The molecule has 2 fully saturated rings. The van der Waals surface area contributed by atoms with Crippen LogP contribution in [0.4, 0.5) is 0 Å². The number of nitrogens with zero attached hydrogens (tertiary/aromatic N) is 3. The Hall–Kier alpha value is -2.73. The molecule has 1 aliphatic heterocycles. The first-order chi connectivity index (χ1) is 16.2. The van der Waals surface area contributed by atoms with Gasteiger partial charge in [0.1, 0.15) is 0 Å². The van der Waals surface area contributed by atoms with Crippen molar-refractivity contribution in [2.45, 2.75) is 57.5 Å². The van der Waals surface area contributed by atoms with Gasteiger partial charge < -0.3 is 10.2 Å². The lowest BCUT2D eigenvalue weighted by Crippen LogP contribution is -2.39. The summed E-state index contributed by atoms with van der Waals surface area (Å²) >= 11 is 0. The molecular weight excluding hydrogens is 412 g/mol. The first-order valence-electron chi connectivity index (χ1n) is 12.4. The maximum absolute atomic E-state index is 13.0. The molecule has 1 saturated carbocycles. The predicted octanol–water partition coefficient (Wildman–Crippen LogP) is 3.94. The molecule has 0 unspecified atom stereocenters. The molecule has 4 rings (SSSR count). The highest BCUT2D eigenvalue weighted by atomic mass is 16.2. The van der Waals surface area contributed by atoms with Crippen LogP contribution >= 0.6 is 0 Å². The van der Waals surface area contributed by atoms with Crippen LogP contribution in [0, 0.1) is 5.92 Å². The second kappa shape index (κ2) is 11.9. The Labute approximate surface area is 197 Å². The predicted molar refractivity (Wildman–Crippen MR) is 129 cm³/mol. The molecule has 1 saturated heterocycles. The Morgan fingerprint density at radius 3 is 2.48 bits per heavy atom. The van der Waals surface area contributed by atoms with Gasteiger partial charge in [0.05, 0.1) is 0 Å². The van der Waals surface area contributed by atoms with Crippen molar-refractivity contribution in [3.63, 3.8) is 0 Å². The van der Waals surface area contributed by atoms with Gasteiger partial charge in [-0.15, -0.1) is 0 Å². The van der Waals surface area contributed by atoms with Crippen LogP contribution in [0.15, 0.2) is 54.9 Å². The summed E-state index contributed by atoms with van der Waals surface area (Å²) in [6.07, 6.45) is 10.4. The Kier molecular flexibility index (Phi) is 8.47. The monoisotopic (exact) mass is 448 g/mol. The molecule has 0 radical (unpaired) electrons. The van der Waals surface area contributed by atoms with Gasteiger partial charge >= 0.3 is 0 Å². The molecule has 1 aromatic carbocycles. The van der Waals surface area contributed by atoms with E-state index in [4.69, 9.17) is 0 Å². The quantitative estimate of drug-likeness (QED) is 0.752. The van der Waals surface area contributed by atoms with Crippen molar-refractivity contribution in [1.82, 2.24) is 20.1 Å². The van der Waals surface area contributed by atoms with Gasteiger partial charge in [-0.1, -0.05) is 43.2 Å². The molecule has 1 N–H and O–H groups in total. The number of carbonyl (C=O) groups is 2. The third-order valence-electron chi connectivity index (χ3n) is 7.01. The summed E-state index contributed by atoms with van der Waals surface area (Å²) in [7, 11) is 0. The van der Waals surface area contributed by atoms with E-state index >= 15 is 0 Å². The minimum absolute atomic E-state index is 0.0138. The van der Waals surface area contributed by atoms with E-state index < -0.39 is 0 Å². The molecule has 2 aliphatic rings. The van der Waals surface area contributed by atoms with Crippen molar-refractivity contribution in [3.05, 3.63) is 66.0 Å². The molecule has 1 aromatic heterocycles. The highest BCUT2D eigenvalue weighted by Crippen LogP contribution is 2.29. The summed E-state index contributed by atoms with van der Waals surface area (Å²) in [6.45, 7) is 3.41. The van der Waals surface area contributed by atoms with E-state index in [-0.39, 0.29) is 17.9 Å². The summed E-state index contributed by atoms with van der Waals surface area (Å²) in [6, 6.07) is 14.3. The molecule has 33 heavy (non-hydrogen) atoms. The van der Waals surface area contributed by atoms with Gasteiger partial charge in [-0.2, -0.15) is 0 Å². The normalized spacial score (nSPS) is 21.4. The summed E-state index contributed by atoms with van der Waals surface area (Å²) < 4.78 is 0. The minimum Gasteiger partial charge on any atom is -0.354 e. The van der Waals surface area contributed by atoms with Gasteiger partial charge in [-0.25, -0.2) is 0 Å². The van der Waals surface area contributed by atoms with Gasteiger partial charge in [0.15, 0.2) is 0 Å². The summed E-state index contributed by atoms with van der Waals surface area (Å²) in [5, 5.41) is 3.07. The van der Waals surface area contributed by atoms with E-state index in [1.807, 2.05) is 47.6 Å². The third kappa shape index (κ3) is 6.87. The van der Waals surface area contributed by atoms with Crippen molar-refractivity contribution >= 4 is 11.8 Å². The van der Waals surface area contributed by atoms with Crippen LogP contribution in [0.2, 0.25) is 0 Å². The van der Waals surface area contributed by atoms with Crippen LogP contribution in [0.5, 0.6) is 0 Å². The summed E-state index contributed by atoms with van der Waals surface area (Å²) in [5.74, 6) is 0.820. The number of hydrogen-bond acceptors (Lipinski definition) is 4. The maximum Gasteiger partial charge on any atom is 0.222 e. The molecule has 0 bridgehead atoms. The maximum atomic E-state index is 13.0. The van der Waals surface area contributed by atoms with Gasteiger partial charge in [0.25, 0.3) is 0 Å². The number of aromatic nitrogens is 1. The molecule has 2 amide bonds. The van der Waals surface area contributed by atoms with Crippen molar-refractivity contribution < 1.29 is 9.59 Å². The zero-order valence-electron chi connectivity index (χ0n) is 19.5. The highest BCUT2D eigenvalue weighted by molar-refractivity contribution is 5.78. The number of rotatable bonds is 5. The molecule has 1 atom stereocenters. The SMILES string of the molecule is O=C1C[C@@H](c2ccccc2)N(Cc2ccncc2)CCCN(C(=O)CC2CCCC2)CCN1. The standard InChI is InChI=1S/C27H36N4O2/c32-26-20-25(24-9-2-1-3-10-24)31(21-23-11-13-28-14-12-23)17-6-16-30(18-15-29-26)27(33)19-22-7-4-5-8-22/h1-3,9-14,22,25H,4-8,15-21H2,(H,29,32)/t25-/m0/s1. The zero-order valence-corrected chi connectivity index (χ0v) is 19.5. The number of hydrogen-bond donors (Lipinski definition) is 1. The third-order valence-corrected chi connectivity index (χ3v) is 7.01. The second-order valence-corrected chi connectivity index (χ2v) is 9.40. The number of nitrogens with one attached hydrogen (secondary N) is 1. The Balaban J connectivity index is 1.51. The molecule has 176 valence electrons. The molecule has 6 heteroatoms. The Bertz CT molecular complexity index is 884. The lowest BCUT2D eigenvalue weighted by atomic mass is 10.00. The molecule has 2 heterocycles. The number of carbonyl (C=O) groups excluding carboxylic acids is 2. The average molecular weight is 449 g/mol. The lowest BCUT2D eigenvalue weighted by Gasteiger charge is -2.32. The Morgan fingerprint density at radius 2 is 1.73 bits per heavy atom. The molecule has 2 aromatic rings. The van der Waals surface area contributed by atoms with Crippen molar-refractivity contribution in [3.8, 4) is 0 Å². The second-order valence-electron chi connectivity index (χ2n) is 9.40. The first-order valence-corrected chi connectivity index (χ1v) is 12.4. The fourth-order valence-electron chi connectivity index (χ4n) is 5.20. The lowest BCUT2D eigenvalue weighted by molar-refractivity contribution is -0.132. The van der Waals surface area contributed by atoms with Crippen molar-refractivity contribution in [1.29, 1.82) is 0 Å². The van der Waals surface area contributed by atoms with Crippen LogP contribution in [0.1, 0.15) is 62.1 Å². The zero-order chi connectivity index (χ0) is 22.9. The first kappa shape index (κ1) is 23.4. The summed E-state index contributed by atoms with van der Waals surface area (Å²) in [5.41, 5.74) is 2.32. The fourth-order valence-corrected chi connectivity index (χ4v) is 5.20. The molecule has 0 spiro atoms. The summed E-state index contributed by atoms with van der Waals surface area (Å²) in [4.78, 5) is 34.4. The molecule has 1 aliphatic carbocycles. The van der Waals surface area contributed by atoms with E-state index in [1.54, 1.807) is 0 Å². The van der Waals surface area contributed by atoms with E-state index in [0.717, 1.165) is 31.6 Å². The molecule has 6 nitrogen and oxygen atoms in total. The fraction of sp³-hybridized carbons (Fsp3) is 0.519. The van der Waals surface area contributed by atoms with Gasteiger partial charge in [-0.05, 0) is 48.4 Å². The van der Waals surface area contributed by atoms with Crippen LogP contribution < -0.4 is 5.32 Å². The number of amides is 2. The van der Waals surface area contributed by atoms with Crippen molar-refractivity contribution in [2.75, 3.05) is 26.2 Å². The van der Waals surface area contributed by atoms with E-state index in [9.17, 15) is 9.59 Å².